The lowest BCUT2D eigenvalue weighted by atomic mass is 10.0. The van der Waals surface area contributed by atoms with E-state index in [9.17, 15) is 14.0 Å². The molecule has 0 aliphatic rings. The minimum atomic E-state index is -0.611. The summed E-state index contributed by atoms with van der Waals surface area (Å²) in [4.78, 5) is 24.5. The summed E-state index contributed by atoms with van der Waals surface area (Å²) in [5.41, 5.74) is 1.36. The maximum atomic E-state index is 13.1. The number of hydrogen-bond donors (Lipinski definition) is 1. The summed E-state index contributed by atoms with van der Waals surface area (Å²) in [6, 6.07) is 15.3. The van der Waals surface area contributed by atoms with Gasteiger partial charge < -0.3 is 19.2 Å². The van der Waals surface area contributed by atoms with Crippen LogP contribution < -0.4 is 10.1 Å². The smallest absolute Gasteiger partial charge is 0.307 e. The molecule has 1 N–H and O–H groups in total. The fourth-order valence-electron chi connectivity index (χ4n) is 2.80. The Labute approximate surface area is 167 Å². The highest BCUT2D eigenvalue weighted by Crippen LogP contribution is 2.24. The molecule has 6 nitrogen and oxygen atoms in total. The van der Waals surface area contributed by atoms with E-state index in [1.807, 2.05) is 0 Å². The zero-order valence-electron chi connectivity index (χ0n) is 16.0. The molecule has 2 aromatic carbocycles. The van der Waals surface area contributed by atoms with Crippen LogP contribution in [0.1, 0.15) is 28.6 Å². The molecule has 0 saturated carbocycles. The third-order valence-corrected chi connectivity index (χ3v) is 4.38. The van der Waals surface area contributed by atoms with Crippen molar-refractivity contribution < 1.29 is 27.9 Å². The number of carbonyl (C=O) groups excluding carboxylic acids is 2. The SMILES string of the molecule is COC(=O)CC(NC(=O)c1ccc(-c2ccc(F)cc2)o1)c1ccc(OC)cc1. The molecule has 0 radical (unpaired) electrons. The number of carbonyl (C=O) groups is 2. The Morgan fingerprint density at radius 3 is 2.31 bits per heavy atom. The second-order valence-electron chi connectivity index (χ2n) is 6.25. The molecule has 150 valence electrons. The van der Waals surface area contributed by atoms with Crippen molar-refractivity contribution in [3.8, 4) is 17.1 Å². The number of hydrogen-bond acceptors (Lipinski definition) is 5. The molecule has 1 aromatic heterocycles. The quantitative estimate of drug-likeness (QED) is 0.607. The van der Waals surface area contributed by atoms with Gasteiger partial charge in [0.15, 0.2) is 5.76 Å². The molecule has 0 spiro atoms. The molecule has 1 atom stereocenters. The maximum absolute atomic E-state index is 13.1. The van der Waals surface area contributed by atoms with Crippen molar-refractivity contribution in [2.75, 3.05) is 14.2 Å². The van der Waals surface area contributed by atoms with E-state index in [-0.39, 0.29) is 18.0 Å². The van der Waals surface area contributed by atoms with Crippen molar-refractivity contribution in [3.63, 3.8) is 0 Å². The van der Waals surface area contributed by atoms with Crippen LogP contribution >= 0.6 is 0 Å². The number of esters is 1. The molecule has 0 bridgehead atoms. The monoisotopic (exact) mass is 397 g/mol. The summed E-state index contributed by atoms with van der Waals surface area (Å²) >= 11 is 0. The number of furan rings is 1. The van der Waals surface area contributed by atoms with Crippen LogP contribution in [-0.4, -0.2) is 26.1 Å². The van der Waals surface area contributed by atoms with E-state index in [1.165, 1.54) is 25.3 Å². The second kappa shape index (κ2) is 9.05. The largest absolute Gasteiger partial charge is 0.497 e. The number of ether oxygens (including phenoxy) is 2. The predicted octanol–water partition coefficient (Wildman–Crippen LogP) is 4.13. The Kier molecular flexibility index (Phi) is 6.29. The first-order valence-electron chi connectivity index (χ1n) is 8.87. The molecule has 1 unspecified atom stereocenters. The second-order valence-corrected chi connectivity index (χ2v) is 6.25. The van der Waals surface area contributed by atoms with E-state index in [2.05, 4.69) is 5.32 Å². The predicted molar refractivity (Wildman–Crippen MR) is 104 cm³/mol. The molecule has 1 heterocycles. The summed E-state index contributed by atoms with van der Waals surface area (Å²) in [5.74, 6) is -0.132. The van der Waals surface area contributed by atoms with Crippen LogP contribution in [0, 0.1) is 5.82 Å². The maximum Gasteiger partial charge on any atom is 0.307 e. The summed E-state index contributed by atoms with van der Waals surface area (Å²) in [6.07, 6.45) is -0.0416. The van der Waals surface area contributed by atoms with Gasteiger partial charge in [-0.3, -0.25) is 9.59 Å². The first-order valence-corrected chi connectivity index (χ1v) is 8.87. The summed E-state index contributed by atoms with van der Waals surface area (Å²) < 4.78 is 28.6. The van der Waals surface area contributed by atoms with Gasteiger partial charge in [0.05, 0.1) is 26.7 Å². The summed E-state index contributed by atoms with van der Waals surface area (Å²) in [6.45, 7) is 0. The van der Waals surface area contributed by atoms with Crippen molar-refractivity contribution in [1.82, 2.24) is 5.32 Å². The van der Waals surface area contributed by atoms with E-state index >= 15 is 0 Å². The lowest BCUT2D eigenvalue weighted by Crippen LogP contribution is -2.30. The van der Waals surface area contributed by atoms with Crippen molar-refractivity contribution in [2.45, 2.75) is 12.5 Å². The van der Waals surface area contributed by atoms with Gasteiger partial charge in [0, 0.05) is 5.56 Å². The van der Waals surface area contributed by atoms with Crippen LogP contribution in [0.25, 0.3) is 11.3 Å². The van der Waals surface area contributed by atoms with Gasteiger partial charge in [-0.15, -0.1) is 0 Å². The third kappa shape index (κ3) is 5.01. The highest BCUT2D eigenvalue weighted by molar-refractivity contribution is 5.92. The van der Waals surface area contributed by atoms with Crippen LogP contribution in [-0.2, 0) is 9.53 Å². The molecule has 0 fully saturated rings. The molecule has 3 aromatic rings. The molecule has 0 aliphatic carbocycles. The van der Waals surface area contributed by atoms with Crippen molar-refractivity contribution in [1.29, 1.82) is 0 Å². The van der Waals surface area contributed by atoms with Gasteiger partial charge in [-0.05, 0) is 54.1 Å². The first-order chi connectivity index (χ1) is 14.0. The summed E-state index contributed by atoms with van der Waals surface area (Å²) in [7, 11) is 2.84. The van der Waals surface area contributed by atoms with Crippen LogP contribution in [0.5, 0.6) is 5.75 Å². The Morgan fingerprint density at radius 1 is 1.00 bits per heavy atom. The lowest BCUT2D eigenvalue weighted by Gasteiger charge is -2.18. The molecule has 7 heteroatoms. The molecule has 3 rings (SSSR count). The molecule has 29 heavy (non-hydrogen) atoms. The minimum Gasteiger partial charge on any atom is -0.497 e. The number of rotatable bonds is 7. The molecule has 1 amide bonds. The van der Waals surface area contributed by atoms with Crippen LogP contribution in [0.4, 0.5) is 4.39 Å². The average molecular weight is 397 g/mol. The van der Waals surface area contributed by atoms with Crippen molar-refractivity contribution in [2.24, 2.45) is 0 Å². The molecular formula is C22H20FNO5. The van der Waals surface area contributed by atoms with E-state index in [4.69, 9.17) is 13.9 Å². The Hall–Kier alpha value is -3.61. The van der Waals surface area contributed by atoms with Gasteiger partial charge in [-0.25, -0.2) is 4.39 Å². The number of benzene rings is 2. The van der Waals surface area contributed by atoms with E-state index in [1.54, 1.807) is 49.6 Å². The number of nitrogens with one attached hydrogen (secondary N) is 1. The van der Waals surface area contributed by atoms with Gasteiger partial charge in [-0.2, -0.15) is 0 Å². The summed E-state index contributed by atoms with van der Waals surface area (Å²) in [5, 5.41) is 2.79. The Balaban J connectivity index is 1.78. The van der Waals surface area contributed by atoms with Gasteiger partial charge >= 0.3 is 5.97 Å². The third-order valence-electron chi connectivity index (χ3n) is 4.38. The van der Waals surface area contributed by atoms with Gasteiger partial charge in [0.2, 0.25) is 0 Å². The highest BCUT2D eigenvalue weighted by Gasteiger charge is 2.22. The van der Waals surface area contributed by atoms with Crippen LogP contribution in [0.3, 0.4) is 0 Å². The van der Waals surface area contributed by atoms with Crippen LogP contribution in [0.2, 0.25) is 0 Å². The molecular weight excluding hydrogens is 377 g/mol. The first kappa shape index (κ1) is 20.1. The lowest BCUT2D eigenvalue weighted by molar-refractivity contribution is -0.141. The van der Waals surface area contributed by atoms with Crippen molar-refractivity contribution in [3.05, 3.63) is 77.8 Å². The topological polar surface area (TPSA) is 77.8 Å². The normalized spacial score (nSPS) is 11.6. The fraction of sp³-hybridized carbons (Fsp3) is 0.182. The van der Waals surface area contributed by atoms with E-state index < -0.39 is 17.9 Å². The minimum absolute atomic E-state index is 0.0416. The zero-order chi connectivity index (χ0) is 20.8. The average Bonchev–Trinajstić information content (AvgIpc) is 3.24. The van der Waals surface area contributed by atoms with E-state index in [0.29, 0.717) is 17.1 Å². The number of halogens is 1. The fourth-order valence-corrected chi connectivity index (χ4v) is 2.80. The van der Waals surface area contributed by atoms with E-state index in [0.717, 1.165) is 5.56 Å². The standard InChI is InChI=1S/C22H20FNO5/c1-27-17-9-5-14(6-10-17)18(13-21(25)28-2)24-22(26)20-12-11-19(29-20)15-3-7-16(23)8-4-15/h3-12,18H,13H2,1-2H3,(H,24,26). The molecule has 0 saturated heterocycles. The van der Waals surface area contributed by atoms with Crippen molar-refractivity contribution >= 4 is 11.9 Å². The molecule has 0 aliphatic heterocycles. The Bertz CT molecular complexity index is 979. The number of amides is 1. The highest BCUT2D eigenvalue weighted by atomic mass is 19.1. The van der Waals surface area contributed by atoms with Gasteiger partial charge in [0.25, 0.3) is 5.91 Å². The Morgan fingerprint density at radius 2 is 1.69 bits per heavy atom. The zero-order valence-corrected chi connectivity index (χ0v) is 16.0. The van der Waals surface area contributed by atoms with Crippen LogP contribution in [0.15, 0.2) is 65.1 Å². The number of methoxy groups -OCH3 is 2. The van der Waals surface area contributed by atoms with Gasteiger partial charge in [-0.1, -0.05) is 12.1 Å². The van der Waals surface area contributed by atoms with Gasteiger partial charge in [0.1, 0.15) is 17.3 Å².